The smallest absolute Gasteiger partial charge is 0.416 e. The van der Waals surface area contributed by atoms with Gasteiger partial charge in [-0.3, -0.25) is 4.68 Å². The quantitative estimate of drug-likeness (QED) is 0.799. The van der Waals surface area contributed by atoms with Gasteiger partial charge in [0.1, 0.15) is 5.75 Å². The SMILES string of the molecule is CCOc1cc(C2=NO[C@@H](Cn3nc(C)cc3C)C2)cc(C(F)(F)F)c1. The summed E-state index contributed by atoms with van der Waals surface area (Å²) in [4.78, 5) is 5.42. The number of aromatic nitrogens is 2. The molecule has 0 unspecified atom stereocenters. The molecule has 5 nitrogen and oxygen atoms in total. The number of hydrogen-bond acceptors (Lipinski definition) is 4. The predicted molar refractivity (Wildman–Crippen MR) is 90.3 cm³/mol. The number of hydrogen-bond donors (Lipinski definition) is 0. The zero-order valence-corrected chi connectivity index (χ0v) is 14.8. The van der Waals surface area contributed by atoms with Gasteiger partial charge in [-0.1, -0.05) is 5.16 Å². The van der Waals surface area contributed by atoms with E-state index in [1.165, 1.54) is 0 Å². The van der Waals surface area contributed by atoms with E-state index >= 15 is 0 Å². The molecule has 1 aliphatic heterocycles. The molecule has 8 heteroatoms. The molecule has 2 aromatic rings. The summed E-state index contributed by atoms with van der Waals surface area (Å²) in [6, 6.07) is 5.59. The van der Waals surface area contributed by atoms with Crippen LogP contribution in [0.5, 0.6) is 5.75 Å². The van der Waals surface area contributed by atoms with E-state index in [0.29, 0.717) is 24.2 Å². The maximum atomic E-state index is 13.1. The number of oxime groups is 1. The molecule has 1 aromatic carbocycles. The van der Waals surface area contributed by atoms with Gasteiger partial charge < -0.3 is 9.57 Å². The van der Waals surface area contributed by atoms with Crippen molar-refractivity contribution in [3.8, 4) is 5.75 Å². The van der Waals surface area contributed by atoms with Crippen LogP contribution in [0.25, 0.3) is 0 Å². The Balaban J connectivity index is 1.79. The largest absolute Gasteiger partial charge is 0.494 e. The summed E-state index contributed by atoms with van der Waals surface area (Å²) in [6.07, 6.45) is -4.32. The lowest BCUT2D eigenvalue weighted by molar-refractivity contribution is -0.137. The third kappa shape index (κ3) is 4.00. The van der Waals surface area contributed by atoms with Crippen molar-refractivity contribution in [1.29, 1.82) is 0 Å². The lowest BCUT2D eigenvalue weighted by atomic mass is 10.0. The minimum Gasteiger partial charge on any atom is -0.494 e. The second kappa shape index (κ2) is 7.01. The lowest BCUT2D eigenvalue weighted by Gasteiger charge is -2.12. The molecule has 1 aromatic heterocycles. The van der Waals surface area contributed by atoms with Gasteiger partial charge in [-0.15, -0.1) is 0 Å². The lowest BCUT2D eigenvalue weighted by Crippen LogP contribution is -2.19. The highest BCUT2D eigenvalue weighted by Gasteiger charge is 2.33. The van der Waals surface area contributed by atoms with Crippen LogP contribution in [-0.4, -0.2) is 28.2 Å². The Morgan fingerprint density at radius 3 is 2.62 bits per heavy atom. The van der Waals surface area contributed by atoms with Gasteiger partial charge in [0.15, 0.2) is 6.10 Å². The minimum absolute atomic E-state index is 0.169. The molecule has 2 heterocycles. The fourth-order valence-electron chi connectivity index (χ4n) is 2.93. The Morgan fingerprint density at radius 1 is 1.23 bits per heavy atom. The molecule has 1 atom stereocenters. The van der Waals surface area contributed by atoms with Crippen LogP contribution >= 0.6 is 0 Å². The molecule has 0 radical (unpaired) electrons. The highest BCUT2D eigenvalue weighted by molar-refractivity contribution is 6.01. The summed E-state index contributed by atoms with van der Waals surface area (Å²) in [5, 5.41) is 8.37. The standard InChI is InChI=1S/C18H20F3N3O2/c1-4-25-15-7-13(6-14(8-15)18(19,20)21)17-9-16(26-23-17)10-24-12(3)5-11(2)22-24/h5-8,16H,4,9-10H2,1-3H3/t16-/m1/s1. The van der Waals surface area contributed by atoms with E-state index in [4.69, 9.17) is 9.57 Å². The highest BCUT2D eigenvalue weighted by Crippen LogP contribution is 2.34. The molecular weight excluding hydrogens is 347 g/mol. The van der Waals surface area contributed by atoms with Gasteiger partial charge in [-0.2, -0.15) is 18.3 Å². The number of halogens is 3. The minimum atomic E-state index is -4.45. The molecule has 140 valence electrons. The van der Waals surface area contributed by atoms with Gasteiger partial charge in [-0.25, -0.2) is 0 Å². The van der Waals surface area contributed by atoms with Crippen molar-refractivity contribution in [2.24, 2.45) is 5.16 Å². The average Bonchev–Trinajstić information content (AvgIpc) is 3.14. The van der Waals surface area contributed by atoms with E-state index in [0.717, 1.165) is 23.5 Å². The normalized spacial score (nSPS) is 17.2. The maximum absolute atomic E-state index is 13.1. The molecule has 26 heavy (non-hydrogen) atoms. The number of nitrogens with zero attached hydrogens (tertiary/aromatic N) is 3. The number of ether oxygens (including phenoxy) is 1. The Morgan fingerprint density at radius 2 is 2.00 bits per heavy atom. The van der Waals surface area contributed by atoms with Crippen LogP contribution in [0.2, 0.25) is 0 Å². The summed E-state index contributed by atoms with van der Waals surface area (Å²) < 4.78 is 46.5. The van der Waals surface area contributed by atoms with Gasteiger partial charge in [0, 0.05) is 17.7 Å². The Labute approximate surface area is 149 Å². The van der Waals surface area contributed by atoms with Gasteiger partial charge in [0.05, 0.1) is 30.1 Å². The maximum Gasteiger partial charge on any atom is 0.416 e. The monoisotopic (exact) mass is 367 g/mol. The van der Waals surface area contributed by atoms with E-state index in [9.17, 15) is 13.2 Å². The summed E-state index contributed by atoms with van der Waals surface area (Å²) in [6.45, 7) is 6.34. The van der Waals surface area contributed by atoms with E-state index in [1.807, 2.05) is 24.6 Å². The molecule has 0 amide bonds. The fourth-order valence-corrected chi connectivity index (χ4v) is 2.93. The number of alkyl halides is 3. The van der Waals surface area contributed by atoms with Crippen LogP contribution in [-0.2, 0) is 17.6 Å². The van der Waals surface area contributed by atoms with Crippen molar-refractivity contribution in [2.45, 2.75) is 46.0 Å². The third-order valence-corrected chi connectivity index (χ3v) is 4.09. The first-order valence-electron chi connectivity index (χ1n) is 8.35. The predicted octanol–water partition coefficient (Wildman–Crippen LogP) is 4.11. The zero-order chi connectivity index (χ0) is 18.9. The number of rotatable bonds is 5. The molecule has 0 saturated heterocycles. The number of benzene rings is 1. The molecule has 0 N–H and O–H groups in total. The van der Waals surface area contributed by atoms with E-state index in [1.54, 1.807) is 13.0 Å². The van der Waals surface area contributed by atoms with Gasteiger partial charge in [0.2, 0.25) is 0 Å². The first kappa shape index (κ1) is 18.3. The van der Waals surface area contributed by atoms with E-state index in [2.05, 4.69) is 10.3 Å². The molecule has 0 saturated carbocycles. The zero-order valence-electron chi connectivity index (χ0n) is 14.8. The van der Waals surface area contributed by atoms with Crippen LogP contribution < -0.4 is 4.74 Å². The summed E-state index contributed by atoms with van der Waals surface area (Å²) >= 11 is 0. The fraction of sp³-hybridized carbons (Fsp3) is 0.444. The Kier molecular flexibility index (Phi) is 4.93. The average molecular weight is 367 g/mol. The van der Waals surface area contributed by atoms with Gasteiger partial charge >= 0.3 is 6.18 Å². The highest BCUT2D eigenvalue weighted by atomic mass is 19.4. The van der Waals surface area contributed by atoms with Crippen LogP contribution in [0.1, 0.15) is 35.9 Å². The van der Waals surface area contributed by atoms with Gasteiger partial charge in [-0.05, 0) is 45.0 Å². The first-order valence-corrected chi connectivity index (χ1v) is 8.35. The van der Waals surface area contributed by atoms with Crippen molar-refractivity contribution >= 4 is 5.71 Å². The molecule has 3 rings (SSSR count). The van der Waals surface area contributed by atoms with Crippen molar-refractivity contribution in [3.63, 3.8) is 0 Å². The van der Waals surface area contributed by atoms with Crippen LogP contribution in [0.4, 0.5) is 13.2 Å². The van der Waals surface area contributed by atoms with E-state index < -0.39 is 11.7 Å². The van der Waals surface area contributed by atoms with Gasteiger partial charge in [0.25, 0.3) is 0 Å². The molecule has 0 bridgehead atoms. The van der Waals surface area contributed by atoms with Crippen molar-refractivity contribution in [2.75, 3.05) is 6.61 Å². The second-order valence-electron chi connectivity index (χ2n) is 6.26. The molecule has 0 spiro atoms. The Hall–Kier alpha value is -2.51. The Bertz CT molecular complexity index is 828. The topological polar surface area (TPSA) is 48.6 Å². The molecule has 0 fully saturated rings. The van der Waals surface area contributed by atoms with E-state index in [-0.39, 0.29) is 18.5 Å². The molecular formula is C18H20F3N3O2. The van der Waals surface area contributed by atoms with Crippen LogP contribution in [0, 0.1) is 13.8 Å². The summed E-state index contributed by atoms with van der Waals surface area (Å²) in [7, 11) is 0. The second-order valence-corrected chi connectivity index (χ2v) is 6.26. The molecule has 1 aliphatic rings. The van der Waals surface area contributed by atoms with Crippen LogP contribution in [0.3, 0.4) is 0 Å². The van der Waals surface area contributed by atoms with Crippen LogP contribution in [0.15, 0.2) is 29.4 Å². The number of aryl methyl sites for hydroxylation is 2. The van der Waals surface area contributed by atoms with Crippen molar-refractivity contribution in [3.05, 3.63) is 46.8 Å². The van der Waals surface area contributed by atoms with Crippen molar-refractivity contribution in [1.82, 2.24) is 9.78 Å². The van der Waals surface area contributed by atoms with Crippen molar-refractivity contribution < 1.29 is 22.7 Å². The molecule has 0 aliphatic carbocycles. The third-order valence-electron chi connectivity index (χ3n) is 4.09. The first-order chi connectivity index (χ1) is 12.3. The summed E-state index contributed by atoms with van der Waals surface area (Å²) in [5.74, 6) is 0.169. The summed E-state index contributed by atoms with van der Waals surface area (Å²) in [5.41, 5.74) is 1.98.